The fraction of sp³-hybridized carbons (Fsp3) is 1.00. The Morgan fingerprint density at radius 3 is 1.24 bits per heavy atom. The lowest BCUT2D eigenvalue weighted by atomic mass is 10.1. The summed E-state index contributed by atoms with van der Waals surface area (Å²) in [6.45, 7) is 4.60. The van der Waals surface area contributed by atoms with E-state index in [4.69, 9.17) is 0 Å². The van der Waals surface area contributed by atoms with Crippen molar-refractivity contribution >= 4 is 20.4 Å². The average Bonchev–Trinajstić information content (AvgIpc) is 2.35. The van der Waals surface area contributed by atoms with Gasteiger partial charge in [0.1, 0.15) is 0 Å². The molecule has 0 bridgehead atoms. The molecule has 0 aromatic heterocycles. The minimum Gasteiger partial charge on any atom is -0.146 e. The Bertz CT molecular complexity index is 109. The summed E-state index contributed by atoms with van der Waals surface area (Å²) in [5.74, 6) is 0. The first-order valence-electron chi connectivity index (χ1n) is 8.41. The zero-order chi connectivity index (χ0) is 12.6. The summed E-state index contributed by atoms with van der Waals surface area (Å²) >= 11 is 0.332. The van der Waals surface area contributed by atoms with Crippen molar-refractivity contribution in [1.29, 1.82) is 0 Å². The van der Waals surface area contributed by atoms with Crippen molar-refractivity contribution in [2.45, 2.75) is 100.0 Å². The van der Waals surface area contributed by atoms with Crippen LogP contribution in [-0.4, -0.2) is 20.4 Å². The Balaban J connectivity index is 2.85. The molecule has 0 radical (unpaired) electrons. The summed E-state index contributed by atoms with van der Waals surface area (Å²) in [4.78, 5) is 0. The van der Waals surface area contributed by atoms with Gasteiger partial charge in [0, 0.05) is 0 Å². The standard InChI is InChI=1S/2C8H17.Mg/c2*1-3-5-7-8-6-4-2;/h2*1,3-8H2,2H3;. The molecular weight excluding hydrogens is 216 g/mol. The van der Waals surface area contributed by atoms with Crippen molar-refractivity contribution in [1.82, 2.24) is 0 Å². The van der Waals surface area contributed by atoms with E-state index in [1.807, 2.05) is 0 Å². The minimum absolute atomic E-state index is 0.332. The second kappa shape index (κ2) is 16.8. The molecule has 0 unspecified atom stereocenters. The van der Waals surface area contributed by atoms with Gasteiger partial charge < -0.3 is 0 Å². The molecule has 0 fully saturated rings. The Hall–Kier alpha value is 0.766. The van der Waals surface area contributed by atoms with Crippen LogP contribution in [0.2, 0.25) is 9.10 Å². The van der Waals surface area contributed by atoms with Crippen molar-refractivity contribution < 1.29 is 0 Å². The number of hydrogen-bond donors (Lipinski definition) is 0. The van der Waals surface area contributed by atoms with Crippen molar-refractivity contribution in [2.75, 3.05) is 0 Å². The second-order valence-electron chi connectivity index (χ2n) is 5.60. The predicted molar refractivity (Wildman–Crippen MR) is 82.1 cm³/mol. The zero-order valence-electron chi connectivity index (χ0n) is 12.6. The largest absolute Gasteiger partial charge is 0.364 e. The maximum atomic E-state index is 2.30. The van der Waals surface area contributed by atoms with E-state index in [2.05, 4.69) is 13.8 Å². The molecule has 0 rings (SSSR count). The van der Waals surface area contributed by atoms with Crippen LogP contribution in [0.4, 0.5) is 0 Å². The lowest BCUT2D eigenvalue weighted by molar-refractivity contribution is 0.618. The highest BCUT2D eigenvalue weighted by atomic mass is 24.5. The molecule has 0 saturated carbocycles. The molecule has 0 aromatic carbocycles. The Morgan fingerprint density at radius 1 is 0.471 bits per heavy atom. The monoisotopic (exact) mass is 250 g/mol. The summed E-state index contributed by atoms with van der Waals surface area (Å²) in [5, 5.41) is 0. The number of rotatable bonds is 14. The average molecular weight is 251 g/mol. The van der Waals surface area contributed by atoms with Crippen molar-refractivity contribution in [2.24, 2.45) is 0 Å². The Morgan fingerprint density at radius 2 is 0.824 bits per heavy atom. The van der Waals surface area contributed by atoms with Gasteiger partial charge in [0.15, 0.2) is 0 Å². The predicted octanol–water partition coefficient (Wildman–Crippen LogP) is 6.25. The molecule has 0 amide bonds. The molecule has 0 heterocycles. The van der Waals surface area contributed by atoms with E-state index in [0.717, 1.165) is 0 Å². The van der Waals surface area contributed by atoms with Crippen LogP contribution in [0.3, 0.4) is 0 Å². The van der Waals surface area contributed by atoms with E-state index >= 15 is 0 Å². The van der Waals surface area contributed by atoms with E-state index in [1.165, 1.54) is 64.2 Å². The maximum Gasteiger partial charge on any atom is 0.364 e. The number of hydrogen-bond acceptors (Lipinski definition) is 0. The molecule has 0 nitrogen and oxygen atoms in total. The van der Waals surface area contributed by atoms with Crippen LogP contribution >= 0.6 is 0 Å². The highest BCUT2D eigenvalue weighted by molar-refractivity contribution is 6.35. The van der Waals surface area contributed by atoms with E-state index in [9.17, 15) is 0 Å². The summed E-state index contributed by atoms with van der Waals surface area (Å²) in [6.07, 6.45) is 17.8. The van der Waals surface area contributed by atoms with Crippen molar-refractivity contribution in [3.8, 4) is 0 Å². The summed E-state index contributed by atoms with van der Waals surface area (Å²) < 4.78 is 3.25. The third-order valence-corrected chi connectivity index (χ3v) is 5.71. The smallest absolute Gasteiger partial charge is 0.146 e. The van der Waals surface area contributed by atoms with Crippen molar-refractivity contribution in [3.63, 3.8) is 0 Å². The first-order valence-corrected chi connectivity index (χ1v) is 10.4. The van der Waals surface area contributed by atoms with Gasteiger partial charge >= 0.3 is 20.4 Å². The molecule has 0 spiro atoms. The minimum atomic E-state index is 0.332. The third-order valence-electron chi connectivity index (χ3n) is 3.71. The van der Waals surface area contributed by atoms with Gasteiger partial charge in [-0.25, -0.2) is 0 Å². The highest BCUT2D eigenvalue weighted by Gasteiger charge is 1.96. The van der Waals surface area contributed by atoms with E-state index in [-0.39, 0.29) is 0 Å². The maximum absolute atomic E-state index is 2.30. The van der Waals surface area contributed by atoms with E-state index in [0.29, 0.717) is 20.4 Å². The van der Waals surface area contributed by atoms with Gasteiger partial charge in [0.2, 0.25) is 0 Å². The molecule has 0 N–H and O–H groups in total. The highest BCUT2D eigenvalue weighted by Crippen LogP contribution is 2.10. The van der Waals surface area contributed by atoms with Gasteiger partial charge in [-0.05, 0) is 0 Å². The topological polar surface area (TPSA) is 0 Å². The van der Waals surface area contributed by atoms with Crippen LogP contribution in [0.15, 0.2) is 0 Å². The van der Waals surface area contributed by atoms with Gasteiger partial charge in [0.25, 0.3) is 0 Å². The van der Waals surface area contributed by atoms with Crippen LogP contribution in [-0.2, 0) is 0 Å². The van der Waals surface area contributed by atoms with Gasteiger partial charge in [0.05, 0.1) is 0 Å². The lowest BCUT2D eigenvalue weighted by Gasteiger charge is -2.01. The molecule has 0 atom stereocenters. The quantitative estimate of drug-likeness (QED) is 0.253. The van der Waals surface area contributed by atoms with Gasteiger partial charge in [-0.2, -0.15) is 0 Å². The molecule has 1 heteroatoms. The van der Waals surface area contributed by atoms with E-state index < -0.39 is 0 Å². The fourth-order valence-corrected chi connectivity index (χ4v) is 4.21. The molecular formula is C16H34Mg. The molecule has 17 heavy (non-hydrogen) atoms. The zero-order valence-corrected chi connectivity index (χ0v) is 14.0. The van der Waals surface area contributed by atoms with Crippen LogP contribution in [0, 0.1) is 0 Å². The van der Waals surface area contributed by atoms with Crippen LogP contribution < -0.4 is 0 Å². The third kappa shape index (κ3) is 16.8. The van der Waals surface area contributed by atoms with Gasteiger partial charge in [-0.3, -0.25) is 0 Å². The molecule has 0 aliphatic heterocycles. The molecule has 0 aromatic rings. The normalized spacial score (nSPS) is 10.5. The Labute approximate surface area is 120 Å². The fourth-order valence-electron chi connectivity index (χ4n) is 2.44. The van der Waals surface area contributed by atoms with Crippen LogP contribution in [0.25, 0.3) is 0 Å². The SMILES string of the molecule is CCCCCCC[CH2][Mg][CH2]CCCCCCC. The van der Waals surface area contributed by atoms with Gasteiger partial charge in [-0.1, -0.05) is 90.9 Å². The molecule has 0 saturated heterocycles. The summed E-state index contributed by atoms with van der Waals surface area (Å²) in [6, 6.07) is 0. The van der Waals surface area contributed by atoms with E-state index in [1.54, 1.807) is 21.9 Å². The van der Waals surface area contributed by atoms with Gasteiger partial charge in [-0.15, -0.1) is 9.10 Å². The Kier molecular flexibility index (Phi) is 17.5. The summed E-state index contributed by atoms with van der Waals surface area (Å²) in [7, 11) is 0. The van der Waals surface area contributed by atoms with Crippen LogP contribution in [0.5, 0.6) is 0 Å². The lowest BCUT2D eigenvalue weighted by Crippen LogP contribution is -1.90. The second-order valence-corrected chi connectivity index (χ2v) is 7.72. The first kappa shape index (κ1) is 17.8. The first-order chi connectivity index (χ1) is 8.41. The van der Waals surface area contributed by atoms with Crippen molar-refractivity contribution in [3.05, 3.63) is 0 Å². The molecule has 0 aliphatic carbocycles. The molecule has 100 valence electrons. The number of unbranched alkanes of at least 4 members (excludes halogenated alkanes) is 10. The van der Waals surface area contributed by atoms with Crippen LogP contribution in [0.1, 0.15) is 90.9 Å². The molecule has 0 aliphatic rings. The summed E-state index contributed by atoms with van der Waals surface area (Å²) in [5.41, 5.74) is 0.